The first kappa shape index (κ1) is 53.1. The van der Waals surface area contributed by atoms with Crippen molar-refractivity contribution in [3.05, 3.63) is 134 Å². The lowest BCUT2D eigenvalue weighted by Gasteiger charge is -2.18. The van der Waals surface area contributed by atoms with Crippen LogP contribution in [0.2, 0.25) is 0 Å². The first-order valence-electron chi connectivity index (χ1n) is 20.6. The van der Waals surface area contributed by atoms with Gasteiger partial charge in [0, 0.05) is 12.8 Å². The van der Waals surface area contributed by atoms with Crippen molar-refractivity contribution in [2.45, 2.75) is 135 Å². The highest BCUT2D eigenvalue weighted by molar-refractivity contribution is 7.46. The Kier molecular flexibility index (Phi) is 37.6. The van der Waals surface area contributed by atoms with Crippen molar-refractivity contribution < 1.29 is 43.0 Å². The topological polar surface area (TPSA) is 140 Å². The van der Waals surface area contributed by atoms with E-state index in [9.17, 15) is 19.3 Å². The molecule has 0 aliphatic carbocycles. The molecule has 1 unspecified atom stereocenters. The summed E-state index contributed by atoms with van der Waals surface area (Å²) < 4.78 is 26.2. The maximum absolute atomic E-state index is 12.4. The highest BCUT2D eigenvalue weighted by Gasteiger charge is 2.23. The van der Waals surface area contributed by atoms with Gasteiger partial charge in [-0.05, 0) is 89.9 Å². The van der Waals surface area contributed by atoms with Crippen LogP contribution in [0.5, 0.6) is 0 Å². The lowest BCUT2D eigenvalue weighted by molar-refractivity contribution is -0.161. The molecule has 0 aromatic carbocycles. The van der Waals surface area contributed by atoms with Gasteiger partial charge in [0.15, 0.2) is 6.10 Å². The number of phosphoric ester groups is 1. The van der Waals surface area contributed by atoms with Crippen LogP contribution >= 0.6 is 7.82 Å². The van der Waals surface area contributed by atoms with Gasteiger partial charge in [-0.2, -0.15) is 0 Å². The number of unbranched alkanes of at least 4 members (excludes halogenated alkanes) is 3. The Hall–Kier alpha value is -3.85. The lowest BCUT2D eigenvalue weighted by Crippen LogP contribution is -2.29. The molecule has 57 heavy (non-hydrogen) atoms. The largest absolute Gasteiger partial charge is 0.469 e. The van der Waals surface area contributed by atoms with Crippen LogP contribution in [0.4, 0.5) is 0 Å². The summed E-state index contributed by atoms with van der Waals surface area (Å²) in [5.74, 6) is -1.22. The van der Waals surface area contributed by atoms with Crippen LogP contribution in [0.25, 0.3) is 0 Å². The van der Waals surface area contributed by atoms with Gasteiger partial charge in [-0.25, -0.2) is 4.57 Å². The van der Waals surface area contributed by atoms with Crippen molar-refractivity contribution in [2.24, 2.45) is 0 Å². The molecule has 2 atom stereocenters. The summed E-state index contributed by atoms with van der Waals surface area (Å²) in [6.07, 6.45) is 56.4. The van der Waals surface area contributed by atoms with Crippen LogP contribution < -0.4 is 0 Å². The van der Waals surface area contributed by atoms with Crippen LogP contribution in [0.15, 0.2) is 134 Å². The molecule has 0 saturated carbocycles. The summed E-state index contributed by atoms with van der Waals surface area (Å²) >= 11 is 0. The molecular formula is C47H71O9P. The van der Waals surface area contributed by atoms with Crippen LogP contribution in [0.3, 0.4) is 0 Å². The van der Waals surface area contributed by atoms with Crippen molar-refractivity contribution in [3.8, 4) is 0 Å². The predicted molar refractivity (Wildman–Crippen MR) is 235 cm³/mol. The number of aliphatic hydroxyl groups is 1. The molecule has 0 aliphatic rings. The second-order valence-corrected chi connectivity index (χ2v) is 14.3. The Labute approximate surface area is 344 Å². The molecule has 0 aliphatic heterocycles. The van der Waals surface area contributed by atoms with E-state index in [1.807, 2.05) is 12.2 Å². The molecule has 9 nitrogen and oxygen atoms in total. The van der Waals surface area contributed by atoms with Crippen molar-refractivity contribution >= 4 is 19.8 Å². The number of allylic oxidation sites excluding steroid dienone is 21. The third-order valence-electron chi connectivity index (χ3n) is 7.78. The summed E-state index contributed by atoms with van der Waals surface area (Å²) in [5, 5.41) is 10.2. The van der Waals surface area contributed by atoms with Gasteiger partial charge in [-0.3, -0.25) is 14.1 Å². The molecule has 10 heteroatoms. The molecule has 0 fully saturated rings. The Morgan fingerprint density at radius 3 is 1.47 bits per heavy atom. The van der Waals surface area contributed by atoms with E-state index in [1.165, 1.54) is 0 Å². The van der Waals surface area contributed by atoms with Gasteiger partial charge in [0.25, 0.3) is 0 Å². The van der Waals surface area contributed by atoms with Crippen molar-refractivity contribution in [2.75, 3.05) is 13.2 Å². The highest BCUT2D eigenvalue weighted by Crippen LogP contribution is 2.36. The summed E-state index contributed by atoms with van der Waals surface area (Å²) in [6, 6.07) is 0. The van der Waals surface area contributed by atoms with E-state index < -0.39 is 45.2 Å². The number of hydrogen-bond acceptors (Lipinski definition) is 7. The zero-order chi connectivity index (χ0) is 41.9. The van der Waals surface area contributed by atoms with Crippen molar-refractivity contribution in [3.63, 3.8) is 0 Å². The molecule has 0 bridgehead atoms. The van der Waals surface area contributed by atoms with Gasteiger partial charge >= 0.3 is 19.8 Å². The van der Waals surface area contributed by atoms with Crippen LogP contribution in [0.1, 0.15) is 123 Å². The smallest absolute Gasteiger partial charge is 0.462 e. The van der Waals surface area contributed by atoms with Gasteiger partial charge in [-0.15, -0.1) is 0 Å². The van der Waals surface area contributed by atoms with Crippen molar-refractivity contribution in [1.29, 1.82) is 0 Å². The highest BCUT2D eigenvalue weighted by atomic mass is 31.2. The van der Waals surface area contributed by atoms with Gasteiger partial charge < -0.3 is 24.4 Å². The Balaban J connectivity index is 4.27. The van der Waals surface area contributed by atoms with Crippen LogP contribution in [0, 0.1) is 0 Å². The van der Waals surface area contributed by atoms with Gasteiger partial charge in [-0.1, -0.05) is 154 Å². The van der Waals surface area contributed by atoms with E-state index in [4.69, 9.17) is 19.3 Å². The van der Waals surface area contributed by atoms with E-state index in [2.05, 4.69) is 128 Å². The zero-order valence-corrected chi connectivity index (χ0v) is 35.4. The number of rotatable bonds is 35. The number of phosphoric acid groups is 1. The number of carbonyl (C=O) groups excluding carboxylic acids is 2. The van der Waals surface area contributed by atoms with E-state index >= 15 is 0 Å². The third kappa shape index (κ3) is 43.1. The summed E-state index contributed by atoms with van der Waals surface area (Å²) in [6.45, 7) is 3.19. The first-order valence-corrected chi connectivity index (χ1v) is 22.1. The molecule has 0 saturated heterocycles. The second kappa shape index (κ2) is 40.4. The quantitative estimate of drug-likeness (QED) is 0.0188. The maximum Gasteiger partial charge on any atom is 0.469 e. The molecule has 318 valence electrons. The van der Waals surface area contributed by atoms with E-state index in [1.54, 1.807) is 12.2 Å². The number of esters is 2. The second-order valence-electron chi connectivity index (χ2n) is 13.0. The molecule has 0 aromatic heterocycles. The minimum atomic E-state index is -4.83. The molecule has 3 N–H and O–H groups in total. The van der Waals surface area contributed by atoms with Crippen molar-refractivity contribution in [1.82, 2.24) is 0 Å². The molecule has 0 rings (SSSR count). The molecular weight excluding hydrogens is 739 g/mol. The Morgan fingerprint density at radius 2 is 1.00 bits per heavy atom. The molecule has 0 spiro atoms. The minimum absolute atomic E-state index is 0.102. The van der Waals surface area contributed by atoms with E-state index in [-0.39, 0.29) is 19.3 Å². The van der Waals surface area contributed by atoms with E-state index in [0.29, 0.717) is 6.42 Å². The predicted octanol–water partition coefficient (Wildman–Crippen LogP) is 11.7. The van der Waals surface area contributed by atoms with Crippen LogP contribution in [-0.4, -0.2) is 52.3 Å². The van der Waals surface area contributed by atoms with Gasteiger partial charge in [0.2, 0.25) is 0 Å². The average Bonchev–Trinajstić information content (AvgIpc) is 3.18. The van der Waals surface area contributed by atoms with Crippen LogP contribution in [-0.2, 0) is 28.2 Å². The third-order valence-corrected chi connectivity index (χ3v) is 8.27. The monoisotopic (exact) mass is 810 g/mol. The maximum atomic E-state index is 12.4. The number of ether oxygens (including phenoxy) is 2. The summed E-state index contributed by atoms with van der Waals surface area (Å²) in [7, 11) is -4.83. The Bertz CT molecular complexity index is 1390. The van der Waals surface area contributed by atoms with Gasteiger partial charge in [0.05, 0.1) is 12.7 Å². The molecule has 0 radical (unpaired) electrons. The lowest BCUT2D eigenvalue weighted by atomic mass is 10.1. The number of hydrogen-bond donors (Lipinski definition) is 3. The fraction of sp³-hybridized carbons (Fsp3) is 0.489. The molecule has 0 heterocycles. The van der Waals surface area contributed by atoms with E-state index in [0.717, 1.165) is 83.5 Å². The normalized spacial score (nSPS) is 14.4. The average molecular weight is 811 g/mol. The summed E-state index contributed by atoms with van der Waals surface area (Å²) in [4.78, 5) is 42.9. The number of aliphatic hydroxyl groups excluding tert-OH is 1. The minimum Gasteiger partial charge on any atom is -0.462 e. The standard InChI is InChI=1S/C47H71O9P/c1-3-5-7-9-11-13-15-17-19-21-22-23-25-27-29-31-33-35-37-39-47(50)56-45(43-55-57(51,52)53)42-54-46(49)41-40-44(48)38-36-34-32-30-28-26-24-20-18-16-14-12-10-8-6-4-2/h5-8,11-14,17-20,22-23,26-29,32,34,36,38,44-45,48H,3-4,9-10,15-16,21,24-25,30-31,33,35,37,39-43H2,1-2H3,(H2,51,52,53)/b7-5-,8-6-,13-11-,14-12-,19-17-,20-18-,23-22-,28-26-,29-27-,34-32-,38-36-/t44?,45-/m1/s1. The summed E-state index contributed by atoms with van der Waals surface area (Å²) in [5.41, 5.74) is 0. The zero-order valence-electron chi connectivity index (χ0n) is 34.5. The number of carbonyl (C=O) groups is 2. The first-order chi connectivity index (χ1) is 27.7. The molecule has 0 aromatic rings. The fourth-order valence-corrected chi connectivity index (χ4v) is 5.10. The Morgan fingerprint density at radius 1 is 0.544 bits per heavy atom. The molecule has 0 amide bonds. The van der Waals surface area contributed by atoms with Gasteiger partial charge in [0.1, 0.15) is 6.61 Å². The fourth-order valence-electron chi connectivity index (χ4n) is 4.74. The SMILES string of the molecule is CC/C=C\C/C=C\C/C=C\C/C=C\C/C=C\C=C/C(O)CCC(=O)OC[C@H](COP(=O)(O)O)OC(=O)CCCCC/C=C\C/C=C\C/C=C\C/C=C\C/C=C\CC.